The highest BCUT2D eigenvalue weighted by molar-refractivity contribution is 6.10. The predicted molar refractivity (Wildman–Crippen MR) is 105 cm³/mol. The van der Waals surface area contributed by atoms with E-state index in [0.717, 1.165) is 49.5 Å². The monoisotopic (exact) mass is 368 g/mol. The summed E-state index contributed by atoms with van der Waals surface area (Å²) in [6, 6.07) is 4.28. The van der Waals surface area contributed by atoms with Crippen molar-refractivity contribution in [3.8, 4) is 0 Å². The average Bonchev–Trinajstić information content (AvgIpc) is 3.46. The fraction of sp³-hybridized carbons (Fsp3) is 0.619. The molecule has 0 aromatic carbocycles. The van der Waals surface area contributed by atoms with Crippen molar-refractivity contribution >= 4 is 17.5 Å². The Bertz CT molecular complexity index is 736. The summed E-state index contributed by atoms with van der Waals surface area (Å²) in [6.07, 6.45) is 7.32. The molecular weight excluding hydrogens is 340 g/mol. The van der Waals surface area contributed by atoms with Crippen LogP contribution in [0.15, 0.2) is 34.5 Å². The highest BCUT2D eigenvalue weighted by Crippen LogP contribution is 2.39. The largest absolute Gasteiger partial charge is 0.372 e. The lowest BCUT2D eigenvalue weighted by Crippen LogP contribution is -2.41. The second kappa shape index (κ2) is 7.89. The number of aliphatic imine (C=N–C) groups is 2. The molecule has 0 spiro atoms. The first-order valence-corrected chi connectivity index (χ1v) is 10.0. The molecular formula is C21H28N4O2. The van der Waals surface area contributed by atoms with Gasteiger partial charge in [0.2, 0.25) is 5.91 Å². The van der Waals surface area contributed by atoms with Crippen molar-refractivity contribution in [1.29, 1.82) is 0 Å². The molecule has 2 aliphatic heterocycles. The molecule has 1 amide bonds. The van der Waals surface area contributed by atoms with Crippen molar-refractivity contribution in [2.24, 2.45) is 21.8 Å². The van der Waals surface area contributed by atoms with Gasteiger partial charge in [-0.1, -0.05) is 13.8 Å². The Balaban J connectivity index is 1.29. The lowest BCUT2D eigenvalue weighted by molar-refractivity contribution is -0.134. The van der Waals surface area contributed by atoms with E-state index in [0.29, 0.717) is 30.9 Å². The molecule has 144 valence electrons. The summed E-state index contributed by atoms with van der Waals surface area (Å²) in [6.45, 7) is 6.37. The van der Waals surface area contributed by atoms with Gasteiger partial charge in [0.15, 0.2) is 5.84 Å². The van der Waals surface area contributed by atoms with Crippen LogP contribution in [0.1, 0.15) is 45.1 Å². The molecule has 1 saturated heterocycles. The first kappa shape index (κ1) is 18.3. The van der Waals surface area contributed by atoms with Crippen LogP contribution in [0.2, 0.25) is 0 Å². The van der Waals surface area contributed by atoms with Crippen molar-refractivity contribution in [2.45, 2.75) is 51.7 Å². The number of pyridine rings is 1. The van der Waals surface area contributed by atoms with Gasteiger partial charge >= 0.3 is 0 Å². The fourth-order valence-electron chi connectivity index (χ4n) is 3.82. The lowest BCUT2D eigenvalue weighted by atomic mass is 10.0. The Labute approximate surface area is 160 Å². The number of amides is 1. The summed E-state index contributed by atoms with van der Waals surface area (Å²) in [5, 5.41) is 0. The topological polar surface area (TPSA) is 67.2 Å². The van der Waals surface area contributed by atoms with Crippen molar-refractivity contribution in [3.05, 3.63) is 30.1 Å². The minimum Gasteiger partial charge on any atom is -0.372 e. The van der Waals surface area contributed by atoms with Gasteiger partial charge in [0.1, 0.15) is 0 Å². The van der Waals surface area contributed by atoms with E-state index < -0.39 is 0 Å². The number of aromatic nitrogens is 1. The van der Waals surface area contributed by atoms with E-state index in [1.807, 2.05) is 17.0 Å². The molecule has 6 nitrogen and oxygen atoms in total. The molecule has 3 aliphatic rings. The summed E-state index contributed by atoms with van der Waals surface area (Å²) < 4.78 is 6.18. The number of hydrogen-bond donors (Lipinski definition) is 0. The molecule has 6 heteroatoms. The van der Waals surface area contributed by atoms with Gasteiger partial charge in [-0.2, -0.15) is 0 Å². The van der Waals surface area contributed by atoms with E-state index in [-0.39, 0.29) is 12.0 Å². The maximum absolute atomic E-state index is 12.2. The number of rotatable bonds is 6. The van der Waals surface area contributed by atoms with Gasteiger partial charge in [0, 0.05) is 43.4 Å². The first-order valence-electron chi connectivity index (χ1n) is 10.0. The van der Waals surface area contributed by atoms with Crippen LogP contribution in [0, 0.1) is 11.8 Å². The Morgan fingerprint density at radius 3 is 2.70 bits per heavy atom. The van der Waals surface area contributed by atoms with E-state index in [2.05, 4.69) is 18.8 Å². The smallest absolute Gasteiger partial charge is 0.222 e. The minimum atomic E-state index is 0.219. The Kier molecular flexibility index (Phi) is 5.34. The van der Waals surface area contributed by atoms with Gasteiger partial charge in [0.25, 0.3) is 0 Å². The average molecular weight is 368 g/mol. The highest BCUT2D eigenvalue weighted by Gasteiger charge is 2.44. The fourth-order valence-corrected chi connectivity index (χ4v) is 3.82. The third-order valence-corrected chi connectivity index (χ3v) is 5.51. The van der Waals surface area contributed by atoms with Crippen LogP contribution in [0.3, 0.4) is 0 Å². The molecule has 0 radical (unpaired) electrons. The van der Waals surface area contributed by atoms with Gasteiger partial charge in [-0.15, -0.1) is 0 Å². The molecule has 27 heavy (non-hydrogen) atoms. The molecule has 1 saturated carbocycles. The lowest BCUT2D eigenvalue weighted by Gasteiger charge is -2.32. The van der Waals surface area contributed by atoms with E-state index in [9.17, 15) is 4.79 Å². The van der Waals surface area contributed by atoms with Crippen LogP contribution in [0.25, 0.3) is 0 Å². The van der Waals surface area contributed by atoms with Gasteiger partial charge < -0.3 is 9.64 Å². The molecule has 1 aromatic rings. The van der Waals surface area contributed by atoms with Gasteiger partial charge in [-0.25, -0.2) is 4.99 Å². The van der Waals surface area contributed by atoms with Crippen LogP contribution in [-0.4, -0.2) is 59.2 Å². The van der Waals surface area contributed by atoms with Crippen LogP contribution < -0.4 is 0 Å². The number of carbonyl (C=O) groups is 1. The molecule has 0 N–H and O–H groups in total. The minimum absolute atomic E-state index is 0.219. The summed E-state index contributed by atoms with van der Waals surface area (Å²) in [7, 11) is 0. The molecule has 1 aromatic heterocycles. The number of ether oxygens (including phenoxy) is 1. The number of nitrogens with zero attached hydrogens (tertiary/aromatic N) is 4. The van der Waals surface area contributed by atoms with Crippen molar-refractivity contribution in [1.82, 2.24) is 9.88 Å². The van der Waals surface area contributed by atoms with E-state index in [1.54, 1.807) is 12.4 Å². The summed E-state index contributed by atoms with van der Waals surface area (Å²) in [5.41, 5.74) is 2.14. The predicted octanol–water partition coefficient (Wildman–Crippen LogP) is 2.73. The molecule has 2 fully saturated rings. The normalized spacial score (nSPS) is 25.1. The Morgan fingerprint density at radius 2 is 2.00 bits per heavy atom. The maximum atomic E-state index is 12.2. The van der Waals surface area contributed by atoms with Gasteiger partial charge in [-0.3, -0.25) is 14.8 Å². The number of piperidine rings is 1. The maximum Gasteiger partial charge on any atom is 0.222 e. The Hall–Kier alpha value is -2.08. The Morgan fingerprint density at radius 1 is 1.26 bits per heavy atom. The molecule has 1 aliphatic carbocycles. The van der Waals surface area contributed by atoms with Crippen LogP contribution in [0.5, 0.6) is 0 Å². The second-order valence-corrected chi connectivity index (χ2v) is 8.19. The van der Waals surface area contributed by atoms with E-state index in [4.69, 9.17) is 14.7 Å². The second-order valence-electron chi connectivity index (χ2n) is 8.19. The van der Waals surface area contributed by atoms with Crippen LogP contribution >= 0.6 is 0 Å². The van der Waals surface area contributed by atoms with Crippen LogP contribution in [-0.2, 0) is 9.53 Å². The number of likely N-dealkylation sites (tertiary alicyclic amines) is 1. The van der Waals surface area contributed by atoms with Crippen LogP contribution in [0.4, 0.5) is 0 Å². The third-order valence-electron chi connectivity index (χ3n) is 5.51. The number of amidine groups is 1. The van der Waals surface area contributed by atoms with E-state index in [1.165, 1.54) is 0 Å². The summed E-state index contributed by atoms with van der Waals surface area (Å²) in [5.74, 6) is 1.96. The number of carbonyl (C=O) groups excluding carboxylic acids is 1. The zero-order chi connectivity index (χ0) is 18.8. The zero-order valence-electron chi connectivity index (χ0n) is 16.2. The summed E-state index contributed by atoms with van der Waals surface area (Å²) >= 11 is 0. The van der Waals surface area contributed by atoms with E-state index >= 15 is 0 Å². The zero-order valence-corrected chi connectivity index (χ0v) is 16.2. The first-order chi connectivity index (χ1) is 13.1. The van der Waals surface area contributed by atoms with Crippen molar-refractivity contribution in [3.63, 3.8) is 0 Å². The number of fused-ring (bicyclic) bond motifs is 1. The SMILES string of the molecule is CC(C)CC(=O)N1CCC(OCC2=NC(c3ccncc3)=NC3CC23)CC1. The molecule has 2 atom stereocenters. The van der Waals surface area contributed by atoms with Gasteiger partial charge in [-0.05, 0) is 37.3 Å². The quantitative estimate of drug-likeness (QED) is 0.775. The molecule has 0 bridgehead atoms. The third kappa shape index (κ3) is 4.43. The molecule has 3 heterocycles. The van der Waals surface area contributed by atoms with Crippen molar-refractivity contribution in [2.75, 3.05) is 19.7 Å². The van der Waals surface area contributed by atoms with Crippen molar-refractivity contribution < 1.29 is 9.53 Å². The summed E-state index contributed by atoms with van der Waals surface area (Å²) in [4.78, 5) is 27.8. The molecule has 2 unspecified atom stereocenters. The van der Waals surface area contributed by atoms with Gasteiger partial charge in [0.05, 0.1) is 24.5 Å². The highest BCUT2D eigenvalue weighted by atomic mass is 16.5. The standard InChI is InChI=1S/C21H28N4O2/c1-14(2)11-20(26)25-9-5-16(6-10-25)27-13-19-17-12-18(17)23-21(24-19)15-3-7-22-8-4-15/h3-4,7-8,14,16-18H,5-6,9-13H2,1-2H3. The molecule has 4 rings (SSSR count). The number of hydrogen-bond acceptors (Lipinski definition) is 5.